The van der Waals surface area contributed by atoms with Crippen molar-refractivity contribution in [2.45, 2.75) is 26.2 Å². The third-order valence-corrected chi connectivity index (χ3v) is 4.22. The van der Waals surface area contributed by atoms with Crippen molar-refractivity contribution in [1.82, 2.24) is 5.32 Å². The summed E-state index contributed by atoms with van der Waals surface area (Å²) in [7, 11) is 0. The summed E-state index contributed by atoms with van der Waals surface area (Å²) in [5, 5.41) is 5.56. The summed E-state index contributed by atoms with van der Waals surface area (Å²) in [6.45, 7) is 2.42. The van der Waals surface area contributed by atoms with Crippen molar-refractivity contribution in [3.63, 3.8) is 0 Å². The number of hydrogen-bond donors (Lipinski definition) is 2. The fourth-order valence-corrected chi connectivity index (χ4v) is 2.95. The molecule has 25 heavy (non-hydrogen) atoms. The highest BCUT2D eigenvalue weighted by Crippen LogP contribution is 2.23. The molecule has 0 saturated heterocycles. The van der Waals surface area contributed by atoms with Crippen LogP contribution in [0.15, 0.2) is 42.5 Å². The average Bonchev–Trinajstić information content (AvgIpc) is 3.09. The largest absolute Gasteiger partial charge is 0.484 e. The number of benzene rings is 2. The molecule has 1 aliphatic rings. The second-order valence-corrected chi connectivity index (χ2v) is 6.06. The van der Waals surface area contributed by atoms with Crippen LogP contribution < -0.4 is 15.4 Å². The second-order valence-electron chi connectivity index (χ2n) is 6.06. The molecule has 0 spiro atoms. The lowest BCUT2D eigenvalue weighted by molar-refractivity contribution is -0.122. The van der Waals surface area contributed by atoms with Gasteiger partial charge < -0.3 is 15.4 Å². The zero-order valence-corrected chi connectivity index (χ0v) is 14.3. The highest BCUT2D eigenvalue weighted by molar-refractivity contribution is 6.04. The molecule has 0 atom stereocenters. The molecule has 0 bridgehead atoms. The number of nitrogens with one attached hydrogen (secondary N) is 2. The molecule has 0 saturated carbocycles. The maximum absolute atomic E-state index is 12.4. The summed E-state index contributed by atoms with van der Waals surface area (Å²) in [4.78, 5) is 23.8. The topological polar surface area (TPSA) is 67.4 Å². The number of aryl methyl sites for hydroxylation is 2. The van der Waals surface area contributed by atoms with Gasteiger partial charge in [-0.3, -0.25) is 9.59 Å². The molecule has 0 aliphatic heterocycles. The van der Waals surface area contributed by atoms with Crippen molar-refractivity contribution in [2.75, 3.05) is 18.5 Å². The van der Waals surface area contributed by atoms with Crippen LogP contribution in [-0.2, 0) is 17.6 Å². The predicted molar refractivity (Wildman–Crippen MR) is 97.0 cm³/mol. The van der Waals surface area contributed by atoms with E-state index in [0.717, 1.165) is 19.3 Å². The Kier molecular flexibility index (Phi) is 5.33. The highest BCUT2D eigenvalue weighted by atomic mass is 16.5. The molecular weight excluding hydrogens is 316 g/mol. The first kappa shape index (κ1) is 17.0. The lowest BCUT2D eigenvalue weighted by Gasteiger charge is -2.09. The molecule has 0 fully saturated rings. The van der Waals surface area contributed by atoms with E-state index < -0.39 is 0 Å². The lowest BCUT2D eigenvalue weighted by Crippen LogP contribution is -2.28. The van der Waals surface area contributed by atoms with Gasteiger partial charge in [-0.2, -0.15) is 0 Å². The minimum atomic E-state index is -0.156. The smallest absolute Gasteiger partial charge is 0.257 e. The molecule has 0 unspecified atom stereocenters. The molecule has 0 aromatic heterocycles. The summed E-state index contributed by atoms with van der Waals surface area (Å²) in [6.07, 6.45) is 3.32. The molecule has 1 aliphatic carbocycles. The minimum absolute atomic E-state index is 0.0192. The van der Waals surface area contributed by atoms with Gasteiger partial charge in [-0.15, -0.1) is 0 Å². The maximum atomic E-state index is 12.4. The normalized spacial score (nSPS) is 12.4. The summed E-state index contributed by atoms with van der Waals surface area (Å²) in [5.41, 5.74) is 4.00. The van der Waals surface area contributed by atoms with Crippen LogP contribution in [0.5, 0.6) is 5.75 Å². The van der Waals surface area contributed by atoms with E-state index in [1.807, 2.05) is 19.1 Å². The third-order valence-electron chi connectivity index (χ3n) is 4.22. The quantitative estimate of drug-likeness (QED) is 0.851. The first-order chi connectivity index (χ1) is 12.2. The number of fused-ring (bicyclic) bond motifs is 1. The molecule has 2 N–H and O–H groups in total. The monoisotopic (exact) mass is 338 g/mol. The average molecular weight is 338 g/mol. The maximum Gasteiger partial charge on any atom is 0.257 e. The van der Waals surface area contributed by atoms with Crippen LogP contribution in [0.2, 0.25) is 0 Å². The van der Waals surface area contributed by atoms with Crippen LogP contribution in [0.4, 0.5) is 5.69 Å². The van der Waals surface area contributed by atoms with Crippen molar-refractivity contribution < 1.29 is 14.3 Å². The molecule has 0 radical (unpaired) electrons. The fourth-order valence-electron chi connectivity index (χ4n) is 2.95. The molecular formula is C20H22N2O3. The minimum Gasteiger partial charge on any atom is -0.484 e. The van der Waals surface area contributed by atoms with Crippen molar-refractivity contribution in [2.24, 2.45) is 0 Å². The van der Waals surface area contributed by atoms with Crippen molar-refractivity contribution in [1.29, 1.82) is 0 Å². The van der Waals surface area contributed by atoms with Crippen LogP contribution in [0.3, 0.4) is 0 Å². The number of rotatable bonds is 6. The highest BCUT2D eigenvalue weighted by Gasteiger charge is 2.14. The molecule has 0 heterocycles. The van der Waals surface area contributed by atoms with Gasteiger partial charge in [0.25, 0.3) is 11.8 Å². The van der Waals surface area contributed by atoms with Crippen molar-refractivity contribution in [3.05, 3.63) is 59.2 Å². The Morgan fingerprint density at radius 1 is 1.04 bits per heavy atom. The first-order valence-corrected chi connectivity index (χ1v) is 8.58. The number of ether oxygens (including phenoxy) is 1. The number of carbonyl (C=O) groups excluding carboxylic acids is 2. The number of hydrogen-bond acceptors (Lipinski definition) is 3. The van der Waals surface area contributed by atoms with E-state index in [4.69, 9.17) is 4.74 Å². The van der Waals surface area contributed by atoms with Crippen LogP contribution in [0.25, 0.3) is 0 Å². The third kappa shape index (κ3) is 4.38. The van der Waals surface area contributed by atoms with Crippen LogP contribution in [-0.4, -0.2) is 25.0 Å². The predicted octanol–water partition coefficient (Wildman–Crippen LogP) is 2.94. The molecule has 2 aromatic rings. The van der Waals surface area contributed by atoms with E-state index >= 15 is 0 Å². The van der Waals surface area contributed by atoms with Gasteiger partial charge >= 0.3 is 0 Å². The van der Waals surface area contributed by atoms with Crippen LogP contribution in [0.1, 0.15) is 34.8 Å². The molecule has 5 nitrogen and oxygen atoms in total. The van der Waals surface area contributed by atoms with E-state index in [1.54, 1.807) is 24.3 Å². The zero-order valence-electron chi connectivity index (χ0n) is 14.3. The molecule has 130 valence electrons. The van der Waals surface area contributed by atoms with Gasteiger partial charge in [0.15, 0.2) is 6.61 Å². The Labute approximate surface area is 147 Å². The Morgan fingerprint density at radius 3 is 2.56 bits per heavy atom. The SMILES string of the molecule is CCNC(=O)COc1ccc(NC(=O)c2ccc3c(c2)CCC3)cc1. The first-order valence-electron chi connectivity index (χ1n) is 8.58. The Hall–Kier alpha value is -2.82. The molecule has 2 aromatic carbocycles. The number of amides is 2. The number of likely N-dealkylation sites (N-methyl/N-ethyl adjacent to an activating group) is 1. The van der Waals surface area contributed by atoms with E-state index in [-0.39, 0.29) is 18.4 Å². The zero-order chi connectivity index (χ0) is 17.6. The Balaban J connectivity index is 1.57. The number of anilines is 1. The van der Waals surface area contributed by atoms with Crippen LogP contribution >= 0.6 is 0 Å². The van der Waals surface area contributed by atoms with Gasteiger partial charge in [0, 0.05) is 17.8 Å². The van der Waals surface area contributed by atoms with E-state index in [1.165, 1.54) is 11.1 Å². The van der Waals surface area contributed by atoms with E-state index in [0.29, 0.717) is 23.5 Å². The van der Waals surface area contributed by atoms with Gasteiger partial charge in [0.05, 0.1) is 0 Å². The van der Waals surface area contributed by atoms with Crippen LogP contribution in [0, 0.1) is 0 Å². The van der Waals surface area contributed by atoms with Crippen molar-refractivity contribution in [3.8, 4) is 5.75 Å². The van der Waals surface area contributed by atoms with Gasteiger partial charge in [0.1, 0.15) is 5.75 Å². The summed E-state index contributed by atoms with van der Waals surface area (Å²) < 4.78 is 5.39. The Morgan fingerprint density at radius 2 is 1.80 bits per heavy atom. The summed E-state index contributed by atoms with van der Waals surface area (Å²) in [6, 6.07) is 12.9. The van der Waals surface area contributed by atoms with Gasteiger partial charge in [0.2, 0.25) is 0 Å². The molecule has 5 heteroatoms. The van der Waals surface area contributed by atoms with Gasteiger partial charge in [-0.25, -0.2) is 0 Å². The summed E-state index contributed by atoms with van der Waals surface area (Å²) >= 11 is 0. The standard InChI is InChI=1S/C20H22N2O3/c1-2-21-19(23)13-25-18-10-8-17(9-11-18)22-20(24)16-7-6-14-4-3-5-15(14)12-16/h6-12H,2-5,13H2,1H3,(H,21,23)(H,22,24). The van der Waals surface area contributed by atoms with E-state index in [9.17, 15) is 9.59 Å². The van der Waals surface area contributed by atoms with Gasteiger partial charge in [-0.1, -0.05) is 6.07 Å². The van der Waals surface area contributed by atoms with Crippen molar-refractivity contribution >= 4 is 17.5 Å². The summed E-state index contributed by atoms with van der Waals surface area (Å²) in [5.74, 6) is 0.309. The fraction of sp³-hybridized carbons (Fsp3) is 0.300. The Bertz CT molecular complexity index is 769. The molecule has 2 amide bonds. The lowest BCUT2D eigenvalue weighted by atomic mass is 10.1. The second kappa shape index (κ2) is 7.83. The van der Waals surface area contributed by atoms with E-state index in [2.05, 4.69) is 16.7 Å². The van der Waals surface area contributed by atoms with Gasteiger partial charge in [-0.05, 0) is 73.7 Å². The molecule has 3 rings (SSSR count). The number of carbonyl (C=O) groups is 2.